The Bertz CT molecular complexity index is 3730. The van der Waals surface area contributed by atoms with Crippen molar-refractivity contribution >= 4 is 60.8 Å². The van der Waals surface area contributed by atoms with Crippen molar-refractivity contribution in [1.29, 1.82) is 0 Å². The summed E-state index contributed by atoms with van der Waals surface area (Å²) in [5, 5.41) is 236. The molecule has 0 aliphatic carbocycles. The van der Waals surface area contributed by atoms with Gasteiger partial charge in [-0.3, -0.25) is 0 Å². The van der Waals surface area contributed by atoms with Crippen molar-refractivity contribution in [2.45, 2.75) is 245 Å². The summed E-state index contributed by atoms with van der Waals surface area (Å²) in [5.74, 6) is 1.73. The lowest BCUT2D eigenvalue weighted by molar-refractivity contribution is -0.397. The standard InChI is InChI=1S/C72H106N2O37S3/c1-74(2)36-14-8-13-35-34(36)12-9-15-44(35)114(96,97)73-18-21-112-19-6-3-7-20-113-72-59(95)52(88)65(42(28-80)105-72)111-71-58(94)51(87)64(41(27-79)103-71)110-70-57(93)50(86)63(40(26-78)102-70)109-69-56(92)49(85)62(39(25-77)101-69)108-68-55(91)48(84)61(38(24-76)100-68)107-67-54(90)47(83)60(37(23-75)99-67)106-66-53(89)46(82)45(81)43(104-66)30-98-29-31-16-17-32-10-4-5-11-33(32)22-31/h4-5,8-17,22,37-43,45-73,75-95H,3,6-7,18-21,23-30H2,1-2H3/t37-,38-,39-,40-,41-,42-,43-,45-,46+,47-,48-,49-,50-,51-,52-,53-,54-,55-,56-,57-,58-,59-,60-,61-,62-,63-,64-,65-,66-,67-,68-,69-,70-,71-,72+/m1/s1. The SMILES string of the molecule is CN(C)c1cccc2c(S(=O)(=O)NCCSCCCCCS[C@@H]3O[C@H](CO)[C@@H](O[C@H]4O[C@H](CO)[C@@H](O[C@H]5O[C@H](CO)[C@@H](O[C@H]6O[C@H](CO)[C@@H](O[C@H]7O[C@H](CO)[C@@H](O[C@H]8O[C@H](CO)[C@@H](O[C@H]9O[C@H](COCc%10ccc%11ccccc%11c%10)[C@@H](O)[C@H](O)[C@H]9O)[C@H](O)[C@H]8O)[C@H](O)[C@H]7O)[C@H](O)[C@H]6O)[C@H](O)[C@H]5O)[C@H](O)[C@H]4O)[C@H](O)[C@H]3O)cccc12. The number of benzene rings is 4. The monoisotopic (exact) mass is 1690 g/mol. The van der Waals surface area contributed by atoms with E-state index in [1.807, 2.05) is 79.7 Å². The minimum atomic E-state index is -3.79. The lowest BCUT2D eigenvalue weighted by atomic mass is 9.95. The maximum absolute atomic E-state index is 13.3. The molecule has 42 heteroatoms. The summed E-state index contributed by atoms with van der Waals surface area (Å²) >= 11 is 2.75. The molecule has 0 aromatic heterocycles. The molecular weight excluding hydrogens is 1580 g/mol. The van der Waals surface area contributed by atoms with Crippen LogP contribution < -0.4 is 9.62 Å². The van der Waals surface area contributed by atoms with Gasteiger partial charge in [-0.25, -0.2) is 13.1 Å². The fraction of sp³-hybridized carbons (Fsp3) is 0.722. The molecule has 7 heterocycles. The quantitative estimate of drug-likeness (QED) is 0.0190. The normalized spacial score (nSPS) is 40.5. The number of hydrogen-bond acceptors (Lipinski definition) is 40. The van der Waals surface area contributed by atoms with Crippen LogP contribution >= 0.6 is 23.5 Å². The molecule has 0 bridgehead atoms. The number of nitrogens with zero attached hydrogens (tertiary/aromatic N) is 1. The highest BCUT2D eigenvalue weighted by Gasteiger charge is 2.59. The predicted molar refractivity (Wildman–Crippen MR) is 393 cm³/mol. The number of anilines is 1. The van der Waals surface area contributed by atoms with E-state index in [0.717, 1.165) is 46.0 Å². The third-order valence-corrected chi connectivity index (χ3v) is 24.9. The number of aliphatic hydroxyl groups excluding tert-OH is 21. The van der Waals surface area contributed by atoms with Crippen LogP contribution in [0.4, 0.5) is 5.69 Å². The van der Waals surface area contributed by atoms with Crippen LogP contribution in [0, 0.1) is 0 Å². The second-order valence-corrected chi connectivity index (χ2v) is 33.2. The highest BCUT2D eigenvalue weighted by molar-refractivity contribution is 7.99. The molecule has 0 spiro atoms. The Balaban J connectivity index is 0.614. The third kappa shape index (κ3) is 20.6. The predicted octanol–water partition coefficient (Wildman–Crippen LogP) is -8.06. The second kappa shape index (κ2) is 41.3. The minimum Gasteiger partial charge on any atom is -0.394 e. The van der Waals surface area contributed by atoms with Crippen molar-refractivity contribution in [2.24, 2.45) is 0 Å². The van der Waals surface area contributed by atoms with Crippen LogP contribution in [0.2, 0.25) is 0 Å². The van der Waals surface area contributed by atoms with Gasteiger partial charge in [-0.1, -0.05) is 67.1 Å². The number of sulfonamides is 1. The second-order valence-electron chi connectivity index (χ2n) is 29.0. The Labute approximate surface area is 662 Å². The molecule has 0 radical (unpaired) electrons. The molecule has 0 amide bonds. The lowest BCUT2D eigenvalue weighted by Crippen LogP contribution is -2.68. The first-order valence-electron chi connectivity index (χ1n) is 37.4. The van der Waals surface area contributed by atoms with Gasteiger partial charge in [0.2, 0.25) is 10.0 Å². The molecule has 4 aromatic carbocycles. The van der Waals surface area contributed by atoms with Crippen LogP contribution in [-0.2, 0) is 82.9 Å². The largest absolute Gasteiger partial charge is 0.394 e. The highest BCUT2D eigenvalue weighted by atomic mass is 32.2. The molecule has 7 saturated heterocycles. The Morgan fingerprint density at radius 1 is 0.386 bits per heavy atom. The van der Waals surface area contributed by atoms with Crippen LogP contribution in [0.1, 0.15) is 24.8 Å². The van der Waals surface area contributed by atoms with Crippen LogP contribution in [0.15, 0.2) is 83.8 Å². The van der Waals surface area contributed by atoms with Crippen LogP contribution in [-0.4, -0.2) is 414 Å². The van der Waals surface area contributed by atoms with Gasteiger partial charge in [0, 0.05) is 42.9 Å². The first-order valence-corrected chi connectivity index (χ1v) is 41.1. The lowest BCUT2D eigenvalue weighted by Gasteiger charge is -2.50. The van der Waals surface area contributed by atoms with Crippen molar-refractivity contribution in [3.63, 3.8) is 0 Å². The van der Waals surface area contributed by atoms with Crippen LogP contribution in [0.3, 0.4) is 0 Å². The summed E-state index contributed by atoms with van der Waals surface area (Å²) in [7, 11) is -0.0152. The maximum atomic E-state index is 13.3. The van der Waals surface area contributed by atoms with Gasteiger partial charge in [0.25, 0.3) is 0 Å². The van der Waals surface area contributed by atoms with E-state index in [1.165, 1.54) is 11.8 Å². The van der Waals surface area contributed by atoms with Crippen molar-refractivity contribution < 1.29 is 182 Å². The van der Waals surface area contributed by atoms with Gasteiger partial charge in [-0.05, 0) is 58.9 Å². The third-order valence-electron chi connectivity index (χ3n) is 21.1. The summed E-state index contributed by atoms with van der Waals surface area (Å²) < 4.78 is 110. The molecule has 35 atom stereocenters. The van der Waals surface area contributed by atoms with E-state index in [1.54, 1.807) is 30.0 Å². The summed E-state index contributed by atoms with van der Waals surface area (Å²) in [5.41, 5.74) is 0.608. The van der Waals surface area contributed by atoms with Crippen molar-refractivity contribution in [3.8, 4) is 0 Å². The number of unbranched alkanes of at least 4 members (excludes halogenated alkanes) is 2. The fourth-order valence-corrected chi connectivity index (χ4v) is 18.2. The molecule has 11 rings (SSSR count). The molecule has 4 aromatic rings. The molecule has 0 unspecified atom stereocenters. The van der Waals surface area contributed by atoms with Crippen molar-refractivity contribution in [1.82, 2.24) is 4.72 Å². The Hall–Kier alpha value is -3.59. The van der Waals surface area contributed by atoms with Gasteiger partial charge in [-0.2, -0.15) is 11.8 Å². The summed E-state index contributed by atoms with van der Waals surface area (Å²) in [6.07, 6.45) is -62.5. The van der Waals surface area contributed by atoms with E-state index >= 15 is 0 Å². The zero-order chi connectivity index (χ0) is 82.1. The van der Waals surface area contributed by atoms with E-state index in [0.29, 0.717) is 23.3 Å². The molecule has 0 saturated carbocycles. The number of rotatable bonds is 35. The van der Waals surface area contributed by atoms with E-state index in [9.17, 15) is 116 Å². The smallest absolute Gasteiger partial charge is 0.241 e. The van der Waals surface area contributed by atoms with Gasteiger partial charge in [0.05, 0.1) is 57.8 Å². The summed E-state index contributed by atoms with van der Waals surface area (Å²) in [6.45, 7) is -5.97. The Morgan fingerprint density at radius 3 is 1.21 bits per heavy atom. The van der Waals surface area contributed by atoms with Gasteiger partial charge < -0.3 is 178 Å². The topological polar surface area (TPSA) is 603 Å². The number of hydrogen-bond donors (Lipinski definition) is 22. The fourth-order valence-electron chi connectivity index (χ4n) is 14.7. The molecule has 39 nitrogen and oxygen atoms in total. The molecule has 22 N–H and O–H groups in total. The first-order chi connectivity index (χ1) is 54.6. The Morgan fingerprint density at radius 2 is 0.772 bits per heavy atom. The molecule has 644 valence electrons. The molecule has 7 aliphatic rings. The molecule has 114 heavy (non-hydrogen) atoms. The van der Waals surface area contributed by atoms with Crippen LogP contribution in [0.5, 0.6) is 0 Å². The van der Waals surface area contributed by atoms with Gasteiger partial charge >= 0.3 is 0 Å². The number of nitrogens with one attached hydrogen (secondary N) is 1. The number of thioether (sulfide) groups is 2. The van der Waals surface area contributed by atoms with Gasteiger partial charge in [-0.15, -0.1) is 11.8 Å². The van der Waals surface area contributed by atoms with Gasteiger partial charge in [0.15, 0.2) is 37.7 Å². The van der Waals surface area contributed by atoms with E-state index in [4.69, 9.17) is 66.3 Å². The van der Waals surface area contributed by atoms with Crippen molar-refractivity contribution in [2.75, 3.05) is 89.0 Å². The molecule has 7 aliphatic heterocycles. The highest BCUT2D eigenvalue weighted by Crippen LogP contribution is 2.40. The van der Waals surface area contributed by atoms with Gasteiger partial charge in [0.1, 0.15) is 176 Å². The number of fused-ring (bicyclic) bond motifs is 2. The molecule has 7 fully saturated rings. The average Bonchev–Trinajstić information content (AvgIpc) is 0.784. The first kappa shape index (κ1) is 91.2. The van der Waals surface area contributed by atoms with E-state index in [2.05, 4.69) is 4.72 Å². The number of ether oxygens (including phenoxy) is 14. The summed E-state index contributed by atoms with van der Waals surface area (Å²) in [6, 6.07) is 23.9. The van der Waals surface area contributed by atoms with Crippen molar-refractivity contribution in [3.05, 3.63) is 84.4 Å². The van der Waals surface area contributed by atoms with Crippen LogP contribution in [0.25, 0.3) is 21.5 Å². The average molecular weight is 1690 g/mol. The number of aliphatic hydroxyl groups is 21. The zero-order valence-corrected chi connectivity index (χ0v) is 64.4. The van der Waals surface area contributed by atoms with E-state index in [-0.39, 0.29) is 24.7 Å². The minimum absolute atomic E-state index is 0.0522. The zero-order valence-electron chi connectivity index (χ0n) is 61.9. The van der Waals surface area contributed by atoms with E-state index < -0.39 is 264 Å². The Kier molecular flexibility index (Phi) is 33.0. The summed E-state index contributed by atoms with van der Waals surface area (Å²) in [4.78, 5) is 2.12. The maximum Gasteiger partial charge on any atom is 0.241 e. The molecular formula is C72H106N2O37S3.